The van der Waals surface area contributed by atoms with Crippen molar-refractivity contribution in [1.82, 2.24) is 9.55 Å². The number of carbonyl (C=O) groups is 1. The second-order valence-corrected chi connectivity index (χ2v) is 3.65. The molecule has 0 saturated carbocycles. The van der Waals surface area contributed by atoms with Crippen LogP contribution in [0.2, 0.25) is 0 Å². The fraction of sp³-hybridized carbons (Fsp3) is 0.167. The van der Waals surface area contributed by atoms with E-state index in [1.807, 2.05) is 0 Å². The Morgan fingerprint density at radius 3 is 2.56 bits per heavy atom. The fourth-order valence-electron chi connectivity index (χ4n) is 1.59. The van der Waals surface area contributed by atoms with Crippen LogP contribution in [0.5, 0.6) is 0 Å². The number of nitrogens with one attached hydrogen (secondary N) is 1. The number of methoxy groups -OCH3 is 1. The maximum atomic E-state index is 11.4. The molecular weight excluding hydrogens is 236 g/mol. The number of benzene rings is 1. The molecule has 1 aromatic heterocycles. The van der Waals surface area contributed by atoms with Crippen LogP contribution in [0.25, 0.3) is 5.69 Å². The summed E-state index contributed by atoms with van der Waals surface area (Å²) in [6, 6.07) is 6.40. The average Bonchev–Trinajstić information content (AvgIpc) is 2.83. The average molecular weight is 248 g/mol. The highest BCUT2D eigenvalue weighted by molar-refractivity contribution is 5.76. The van der Waals surface area contributed by atoms with Gasteiger partial charge in [0.15, 0.2) is 6.10 Å². The monoisotopic (exact) mass is 248 g/mol. The number of hydrogen-bond donors (Lipinski definition) is 2. The highest BCUT2D eigenvalue weighted by Gasteiger charge is 2.17. The van der Waals surface area contributed by atoms with Crippen molar-refractivity contribution in [3.63, 3.8) is 0 Å². The van der Waals surface area contributed by atoms with Crippen LogP contribution in [0.1, 0.15) is 11.7 Å². The van der Waals surface area contributed by atoms with E-state index >= 15 is 0 Å². The van der Waals surface area contributed by atoms with Crippen LogP contribution in [-0.4, -0.2) is 27.7 Å². The summed E-state index contributed by atoms with van der Waals surface area (Å²) in [5.74, 6) is -0.721. The number of aromatic amines is 1. The zero-order valence-corrected chi connectivity index (χ0v) is 9.66. The Labute approximate surface area is 102 Å². The third kappa shape index (κ3) is 2.18. The third-order valence-corrected chi connectivity index (χ3v) is 2.56. The summed E-state index contributed by atoms with van der Waals surface area (Å²) in [5.41, 5.74) is 0.799. The van der Waals surface area contributed by atoms with Crippen LogP contribution < -0.4 is 5.69 Å². The summed E-state index contributed by atoms with van der Waals surface area (Å²) in [7, 11) is 1.21. The molecular formula is C12H12N2O4. The van der Waals surface area contributed by atoms with Crippen LogP contribution in [0, 0.1) is 0 Å². The summed E-state index contributed by atoms with van der Waals surface area (Å²) >= 11 is 0. The first-order valence-corrected chi connectivity index (χ1v) is 5.25. The van der Waals surface area contributed by atoms with Crippen molar-refractivity contribution in [2.75, 3.05) is 7.11 Å². The number of hydrogen-bond acceptors (Lipinski definition) is 4. The topological polar surface area (TPSA) is 84.3 Å². The molecule has 0 spiro atoms. The normalized spacial score (nSPS) is 12.1. The molecule has 2 rings (SSSR count). The van der Waals surface area contributed by atoms with Gasteiger partial charge in [0, 0.05) is 12.4 Å². The minimum absolute atomic E-state index is 0.253. The molecule has 1 atom stereocenters. The molecule has 94 valence electrons. The van der Waals surface area contributed by atoms with E-state index in [0.29, 0.717) is 11.3 Å². The van der Waals surface area contributed by atoms with Crippen LogP contribution in [0.3, 0.4) is 0 Å². The van der Waals surface area contributed by atoms with E-state index in [1.54, 1.807) is 30.5 Å². The molecule has 1 aromatic carbocycles. The molecule has 0 saturated heterocycles. The molecule has 18 heavy (non-hydrogen) atoms. The van der Waals surface area contributed by atoms with Gasteiger partial charge in [0.2, 0.25) is 0 Å². The van der Waals surface area contributed by atoms with Crippen molar-refractivity contribution in [3.05, 3.63) is 52.7 Å². The highest BCUT2D eigenvalue weighted by atomic mass is 16.5. The number of H-pyrrole nitrogens is 1. The number of esters is 1. The van der Waals surface area contributed by atoms with Gasteiger partial charge in [0.25, 0.3) is 0 Å². The molecule has 0 aliphatic heterocycles. The fourth-order valence-corrected chi connectivity index (χ4v) is 1.59. The molecule has 6 nitrogen and oxygen atoms in total. The molecule has 1 unspecified atom stereocenters. The molecule has 0 bridgehead atoms. The number of nitrogens with zero attached hydrogens (tertiary/aromatic N) is 1. The summed E-state index contributed by atoms with van der Waals surface area (Å²) in [6.45, 7) is 0. The van der Waals surface area contributed by atoms with Gasteiger partial charge in [-0.15, -0.1) is 0 Å². The molecule has 6 heteroatoms. The minimum Gasteiger partial charge on any atom is -0.467 e. The van der Waals surface area contributed by atoms with Crippen LogP contribution in [-0.2, 0) is 9.53 Å². The number of aliphatic hydroxyl groups is 1. The smallest absolute Gasteiger partial charge is 0.339 e. The van der Waals surface area contributed by atoms with Crippen molar-refractivity contribution in [3.8, 4) is 5.69 Å². The number of ether oxygens (including phenoxy) is 1. The first kappa shape index (κ1) is 12.1. The minimum atomic E-state index is -1.31. The van der Waals surface area contributed by atoms with Gasteiger partial charge < -0.3 is 14.8 Å². The Kier molecular flexibility index (Phi) is 3.29. The second kappa shape index (κ2) is 4.89. The lowest BCUT2D eigenvalue weighted by Gasteiger charge is -2.09. The lowest BCUT2D eigenvalue weighted by molar-refractivity contribution is -0.150. The van der Waals surface area contributed by atoms with Gasteiger partial charge >= 0.3 is 11.7 Å². The zero-order valence-electron chi connectivity index (χ0n) is 9.66. The predicted octanol–water partition coefficient (Wildman–Crippen LogP) is 0.372. The van der Waals surface area contributed by atoms with E-state index in [4.69, 9.17) is 0 Å². The first-order chi connectivity index (χ1) is 8.63. The predicted molar refractivity (Wildman–Crippen MR) is 63.4 cm³/mol. The van der Waals surface area contributed by atoms with E-state index < -0.39 is 12.1 Å². The van der Waals surface area contributed by atoms with Crippen molar-refractivity contribution in [1.29, 1.82) is 0 Å². The van der Waals surface area contributed by atoms with Crippen LogP contribution in [0.4, 0.5) is 0 Å². The molecule has 0 aliphatic rings. The number of imidazole rings is 1. The van der Waals surface area contributed by atoms with E-state index in [0.717, 1.165) is 0 Å². The molecule has 2 N–H and O–H groups in total. The third-order valence-electron chi connectivity index (χ3n) is 2.56. The van der Waals surface area contributed by atoms with Crippen molar-refractivity contribution in [2.24, 2.45) is 0 Å². The number of rotatable bonds is 3. The van der Waals surface area contributed by atoms with Gasteiger partial charge in [-0.05, 0) is 17.7 Å². The van der Waals surface area contributed by atoms with E-state index in [-0.39, 0.29) is 5.69 Å². The van der Waals surface area contributed by atoms with Gasteiger partial charge in [0.1, 0.15) is 0 Å². The van der Waals surface area contributed by atoms with E-state index in [1.165, 1.54) is 17.9 Å². The Morgan fingerprint density at radius 1 is 1.39 bits per heavy atom. The van der Waals surface area contributed by atoms with Crippen LogP contribution >= 0.6 is 0 Å². The van der Waals surface area contributed by atoms with Crippen molar-refractivity contribution >= 4 is 5.97 Å². The van der Waals surface area contributed by atoms with E-state index in [2.05, 4.69) is 9.72 Å². The second-order valence-electron chi connectivity index (χ2n) is 3.65. The molecule has 0 radical (unpaired) electrons. The summed E-state index contributed by atoms with van der Waals surface area (Å²) < 4.78 is 5.85. The highest BCUT2D eigenvalue weighted by Crippen LogP contribution is 2.16. The SMILES string of the molecule is COC(=O)C(O)c1ccc(-n2cc[nH]c2=O)cc1. The lowest BCUT2D eigenvalue weighted by atomic mass is 10.1. The molecule has 0 aliphatic carbocycles. The Hall–Kier alpha value is -2.34. The molecule has 0 amide bonds. The van der Waals surface area contributed by atoms with Gasteiger partial charge in [-0.1, -0.05) is 12.1 Å². The van der Waals surface area contributed by atoms with Crippen LogP contribution in [0.15, 0.2) is 41.5 Å². The maximum absolute atomic E-state index is 11.4. The van der Waals surface area contributed by atoms with Gasteiger partial charge in [-0.25, -0.2) is 9.59 Å². The first-order valence-electron chi connectivity index (χ1n) is 5.25. The quantitative estimate of drug-likeness (QED) is 0.769. The standard InChI is InChI=1S/C12H12N2O4/c1-18-11(16)10(15)8-2-4-9(5-3-8)14-7-6-13-12(14)17/h2-7,10,15H,1H3,(H,13,17). The van der Waals surface area contributed by atoms with Gasteiger partial charge in [0.05, 0.1) is 12.8 Å². The summed E-state index contributed by atoms with van der Waals surface area (Å²) in [6.07, 6.45) is 1.81. The van der Waals surface area contributed by atoms with Gasteiger partial charge in [-0.3, -0.25) is 4.57 Å². The van der Waals surface area contributed by atoms with Gasteiger partial charge in [-0.2, -0.15) is 0 Å². The van der Waals surface area contributed by atoms with Crippen molar-refractivity contribution < 1.29 is 14.6 Å². The molecule has 1 heterocycles. The molecule has 0 fully saturated rings. The number of carbonyl (C=O) groups excluding carboxylic acids is 1. The Morgan fingerprint density at radius 2 is 2.06 bits per heavy atom. The number of aromatic nitrogens is 2. The Bertz CT molecular complexity index is 597. The molecule has 2 aromatic rings. The number of aliphatic hydroxyl groups excluding tert-OH is 1. The Balaban J connectivity index is 2.28. The lowest BCUT2D eigenvalue weighted by Crippen LogP contribution is -2.15. The summed E-state index contributed by atoms with van der Waals surface area (Å²) in [5, 5.41) is 9.62. The maximum Gasteiger partial charge on any atom is 0.339 e. The van der Waals surface area contributed by atoms with Crippen molar-refractivity contribution in [2.45, 2.75) is 6.10 Å². The largest absolute Gasteiger partial charge is 0.467 e. The van der Waals surface area contributed by atoms with E-state index in [9.17, 15) is 14.7 Å². The summed E-state index contributed by atoms with van der Waals surface area (Å²) in [4.78, 5) is 25.0. The zero-order chi connectivity index (χ0) is 13.1.